The van der Waals surface area contributed by atoms with Gasteiger partial charge in [-0.3, -0.25) is 0 Å². The number of hydrogen-bond acceptors (Lipinski definition) is 11. The number of aromatic nitrogens is 3. The number of amidine groups is 1. The third-order valence-electron chi connectivity index (χ3n) is 6.44. The van der Waals surface area contributed by atoms with Crippen molar-refractivity contribution >= 4 is 12.1 Å². The number of aliphatic imine (C=N–C) groups is 1. The lowest BCUT2D eigenvalue weighted by Crippen LogP contribution is -2.49. The van der Waals surface area contributed by atoms with E-state index in [9.17, 15) is 18.0 Å². The Kier molecular flexibility index (Phi) is 10.8. The number of amides is 1. The predicted molar refractivity (Wildman–Crippen MR) is 155 cm³/mol. The Morgan fingerprint density at radius 2 is 1.78 bits per heavy atom. The first-order valence-electron chi connectivity index (χ1n) is 14.4. The van der Waals surface area contributed by atoms with Crippen LogP contribution in [-0.4, -0.2) is 78.2 Å². The summed E-state index contributed by atoms with van der Waals surface area (Å²) < 4.78 is 88.5. The van der Waals surface area contributed by atoms with Gasteiger partial charge in [-0.05, 0) is 52.8 Å². The Labute approximate surface area is 262 Å². The molecule has 1 amide bonds. The molecular weight excluding hydrogens is 618 g/mol. The summed E-state index contributed by atoms with van der Waals surface area (Å²) in [4.78, 5) is 24.9. The van der Waals surface area contributed by atoms with Crippen molar-refractivity contribution in [3.63, 3.8) is 0 Å². The highest BCUT2D eigenvalue weighted by atomic mass is 19.4. The molecule has 1 aliphatic heterocycles. The molecule has 3 aromatic rings. The molecule has 1 aliphatic rings. The van der Waals surface area contributed by atoms with E-state index in [1.165, 1.54) is 37.5 Å². The molecule has 0 bridgehead atoms. The Morgan fingerprint density at radius 3 is 2.46 bits per heavy atom. The van der Waals surface area contributed by atoms with Gasteiger partial charge in [-0.25, -0.2) is 29.5 Å². The number of hydrogen-bond donors (Lipinski definition) is 1. The minimum absolute atomic E-state index is 0.182. The number of nitrogens with one attached hydrogen (secondary N) is 1. The number of carbonyl (C=O) groups excluding carboxylic acids is 1. The molecule has 2 aromatic heterocycles. The Morgan fingerprint density at radius 1 is 1.04 bits per heavy atom. The fourth-order valence-electron chi connectivity index (χ4n) is 4.35. The van der Waals surface area contributed by atoms with E-state index in [1.54, 1.807) is 20.8 Å². The molecule has 0 saturated carbocycles. The van der Waals surface area contributed by atoms with Crippen molar-refractivity contribution in [2.24, 2.45) is 4.99 Å². The van der Waals surface area contributed by atoms with Gasteiger partial charge in [0.15, 0.2) is 11.9 Å². The second-order valence-corrected chi connectivity index (χ2v) is 11.3. The maximum atomic E-state index is 15.2. The van der Waals surface area contributed by atoms with Gasteiger partial charge in [0, 0.05) is 30.2 Å². The van der Waals surface area contributed by atoms with Crippen LogP contribution in [0.15, 0.2) is 46.2 Å². The molecule has 0 fully saturated rings. The van der Waals surface area contributed by atoms with Crippen LogP contribution in [0.1, 0.15) is 46.6 Å². The van der Waals surface area contributed by atoms with Gasteiger partial charge in [-0.1, -0.05) is 5.16 Å². The van der Waals surface area contributed by atoms with Crippen LogP contribution in [0.25, 0.3) is 22.7 Å². The molecule has 3 heterocycles. The Bertz CT molecular complexity index is 1510. The van der Waals surface area contributed by atoms with Crippen molar-refractivity contribution in [2.45, 2.75) is 64.5 Å². The van der Waals surface area contributed by atoms with E-state index in [0.717, 1.165) is 6.07 Å². The molecule has 0 unspecified atom stereocenters. The average Bonchev–Trinajstić information content (AvgIpc) is 3.46. The summed E-state index contributed by atoms with van der Waals surface area (Å²) in [7, 11) is 0. The molecule has 16 heteroatoms. The standard InChI is InChI=1S/C30H35F4N5O7/c1-6-41-9-10-42-11-12-43-25-17-35-22(16-36-25)21-14-23(46-39-21)18-7-8-20(31)19(13-18)29(5)15-24(30(32,33)34)44-26(38-29)37-27(40)45-28(2,3)4/h7-8,13-14,16-17,24H,6,9-12,15H2,1-5H3,(H,37,38,40)/t24-,29-/m0/s1. The molecule has 250 valence electrons. The van der Waals surface area contributed by atoms with Crippen LogP contribution in [0, 0.1) is 5.82 Å². The second kappa shape index (κ2) is 14.4. The van der Waals surface area contributed by atoms with Crippen molar-refractivity contribution in [2.75, 3.05) is 33.0 Å². The predicted octanol–water partition coefficient (Wildman–Crippen LogP) is 5.82. The zero-order valence-electron chi connectivity index (χ0n) is 25.9. The van der Waals surface area contributed by atoms with E-state index in [2.05, 4.69) is 25.4 Å². The highest BCUT2D eigenvalue weighted by Gasteiger charge is 2.50. The maximum absolute atomic E-state index is 15.2. The number of benzene rings is 1. The van der Waals surface area contributed by atoms with E-state index >= 15 is 4.39 Å². The summed E-state index contributed by atoms with van der Waals surface area (Å²) in [6.07, 6.45) is -6.24. The highest BCUT2D eigenvalue weighted by Crippen LogP contribution is 2.42. The molecule has 0 radical (unpaired) electrons. The van der Waals surface area contributed by atoms with Gasteiger partial charge >= 0.3 is 12.3 Å². The van der Waals surface area contributed by atoms with Crippen LogP contribution >= 0.6 is 0 Å². The number of rotatable bonds is 11. The van der Waals surface area contributed by atoms with Crippen LogP contribution in [-0.2, 0) is 24.5 Å². The molecule has 46 heavy (non-hydrogen) atoms. The number of alkyl carbamates (subject to hydrolysis) is 1. The lowest BCUT2D eigenvalue weighted by atomic mass is 9.84. The smallest absolute Gasteiger partial charge is 0.425 e. The summed E-state index contributed by atoms with van der Waals surface area (Å²) in [5.74, 6) is -0.371. The second-order valence-electron chi connectivity index (χ2n) is 11.3. The lowest BCUT2D eigenvalue weighted by molar-refractivity contribution is -0.208. The largest absolute Gasteiger partial charge is 0.474 e. The average molecular weight is 654 g/mol. The lowest BCUT2D eigenvalue weighted by Gasteiger charge is -2.37. The summed E-state index contributed by atoms with van der Waals surface area (Å²) in [5, 5.41) is 6.10. The fraction of sp³-hybridized carbons (Fsp3) is 0.500. The molecule has 2 atom stereocenters. The van der Waals surface area contributed by atoms with Crippen molar-refractivity contribution in [3.8, 4) is 28.6 Å². The molecule has 1 aromatic carbocycles. The quantitative estimate of drug-likeness (QED) is 0.199. The zero-order chi connectivity index (χ0) is 33.5. The highest BCUT2D eigenvalue weighted by molar-refractivity contribution is 5.91. The minimum Gasteiger partial charge on any atom is -0.474 e. The van der Waals surface area contributed by atoms with Crippen LogP contribution in [0.5, 0.6) is 5.88 Å². The van der Waals surface area contributed by atoms with Gasteiger partial charge in [0.2, 0.25) is 5.88 Å². The Balaban J connectivity index is 1.51. The number of halogens is 4. The molecule has 0 aliphatic carbocycles. The van der Waals surface area contributed by atoms with Gasteiger partial charge < -0.3 is 28.2 Å². The SMILES string of the molecule is CCOCCOCCOc1cnc(-c2cc(-c3ccc(F)c([C@]4(C)C[C@@H](C(F)(F)F)OC(NC(=O)OC(C)(C)C)=N4)c3)on2)cn1. The summed E-state index contributed by atoms with van der Waals surface area (Å²) in [6, 6.07) is 4.55. The summed E-state index contributed by atoms with van der Waals surface area (Å²) in [5.41, 5.74) is -1.97. The number of ether oxygens (including phenoxy) is 5. The van der Waals surface area contributed by atoms with Crippen molar-refractivity contribution in [1.82, 2.24) is 20.4 Å². The summed E-state index contributed by atoms with van der Waals surface area (Å²) >= 11 is 0. The fourth-order valence-corrected chi connectivity index (χ4v) is 4.35. The van der Waals surface area contributed by atoms with E-state index in [-0.39, 0.29) is 23.8 Å². The normalized spacial score (nSPS) is 18.5. The summed E-state index contributed by atoms with van der Waals surface area (Å²) in [6.45, 7) is 10.1. The number of nitrogens with zero attached hydrogens (tertiary/aromatic N) is 4. The van der Waals surface area contributed by atoms with Gasteiger partial charge in [0.25, 0.3) is 6.02 Å². The monoisotopic (exact) mass is 653 g/mol. The van der Waals surface area contributed by atoms with E-state index in [0.29, 0.717) is 43.4 Å². The maximum Gasteiger partial charge on any atom is 0.425 e. The van der Waals surface area contributed by atoms with Crippen molar-refractivity contribution in [1.29, 1.82) is 0 Å². The number of carbonyl (C=O) groups is 1. The van der Waals surface area contributed by atoms with Crippen molar-refractivity contribution < 1.29 is 50.6 Å². The van der Waals surface area contributed by atoms with Crippen LogP contribution < -0.4 is 10.1 Å². The molecule has 4 rings (SSSR count). The van der Waals surface area contributed by atoms with Gasteiger partial charge in [0.05, 0.1) is 37.8 Å². The number of alkyl halides is 3. The first-order chi connectivity index (χ1) is 21.7. The molecular formula is C30H35F4N5O7. The first-order valence-corrected chi connectivity index (χ1v) is 14.4. The molecule has 1 N–H and O–H groups in total. The minimum atomic E-state index is -4.84. The van der Waals surface area contributed by atoms with Gasteiger partial charge in [0.1, 0.15) is 29.4 Å². The van der Waals surface area contributed by atoms with Crippen LogP contribution in [0.2, 0.25) is 0 Å². The molecule has 12 nitrogen and oxygen atoms in total. The molecule has 0 saturated heterocycles. The van der Waals surface area contributed by atoms with Crippen molar-refractivity contribution in [3.05, 3.63) is 48.0 Å². The topological polar surface area (TPSA) is 139 Å². The van der Waals surface area contributed by atoms with E-state index in [4.69, 9.17) is 28.2 Å². The van der Waals surface area contributed by atoms with Gasteiger partial charge in [-0.15, -0.1) is 0 Å². The molecule has 0 spiro atoms. The van der Waals surface area contributed by atoms with Crippen LogP contribution in [0.3, 0.4) is 0 Å². The third-order valence-corrected chi connectivity index (χ3v) is 6.44. The van der Waals surface area contributed by atoms with Crippen LogP contribution in [0.4, 0.5) is 22.4 Å². The Hall–Kier alpha value is -4.31. The first kappa shape index (κ1) is 34.6. The van der Waals surface area contributed by atoms with Gasteiger partial charge in [-0.2, -0.15) is 13.2 Å². The zero-order valence-corrected chi connectivity index (χ0v) is 25.9. The third kappa shape index (κ3) is 9.36. The van der Waals surface area contributed by atoms with E-state index in [1.807, 2.05) is 6.92 Å². The van der Waals surface area contributed by atoms with E-state index < -0.39 is 47.8 Å².